The van der Waals surface area contributed by atoms with Gasteiger partial charge in [0.2, 0.25) is 0 Å². The van der Waals surface area contributed by atoms with E-state index in [0.717, 1.165) is 12.5 Å². The molecule has 0 aromatic carbocycles. The van der Waals surface area contributed by atoms with E-state index in [4.69, 9.17) is 5.26 Å². The molecule has 70 valence electrons. The molecule has 0 aromatic heterocycles. The Morgan fingerprint density at radius 1 is 1.33 bits per heavy atom. The lowest BCUT2D eigenvalue weighted by atomic mass is 9.95. The smallest absolute Gasteiger partial charge is 0.0635 e. The molecular formula is C10H20N2. The van der Waals surface area contributed by atoms with Crippen molar-refractivity contribution in [1.82, 2.24) is 5.32 Å². The van der Waals surface area contributed by atoms with Crippen molar-refractivity contribution in [2.45, 2.75) is 46.1 Å². The Hall–Kier alpha value is -0.550. The summed E-state index contributed by atoms with van der Waals surface area (Å²) in [4.78, 5) is 0. The topological polar surface area (TPSA) is 35.8 Å². The second-order valence-electron chi connectivity index (χ2n) is 3.23. The average molecular weight is 168 g/mol. The van der Waals surface area contributed by atoms with Gasteiger partial charge in [-0.15, -0.1) is 0 Å². The number of nitriles is 1. The normalized spacial score (nSPS) is 12.9. The van der Waals surface area contributed by atoms with Crippen LogP contribution in [-0.4, -0.2) is 12.6 Å². The van der Waals surface area contributed by atoms with E-state index in [2.05, 4.69) is 32.2 Å². The molecule has 0 aliphatic carbocycles. The van der Waals surface area contributed by atoms with Crippen LogP contribution in [0.25, 0.3) is 0 Å². The molecule has 0 bridgehead atoms. The number of hydrogen-bond donors (Lipinski definition) is 1. The number of hydrogen-bond acceptors (Lipinski definition) is 2. The third-order valence-electron chi connectivity index (χ3n) is 2.46. The van der Waals surface area contributed by atoms with Gasteiger partial charge in [0.15, 0.2) is 0 Å². The van der Waals surface area contributed by atoms with Gasteiger partial charge in [0.1, 0.15) is 0 Å². The predicted molar refractivity (Wildman–Crippen MR) is 51.8 cm³/mol. The van der Waals surface area contributed by atoms with Gasteiger partial charge in [-0.3, -0.25) is 0 Å². The first kappa shape index (κ1) is 11.4. The molecule has 2 heteroatoms. The summed E-state index contributed by atoms with van der Waals surface area (Å²) in [6, 6.07) is 2.68. The highest BCUT2D eigenvalue weighted by atomic mass is 14.9. The van der Waals surface area contributed by atoms with Gasteiger partial charge in [-0.25, -0.2) is 0 Å². The molecule has 0 heterocycles. The van der Waals surface area contributed by atoms with Crippen molar-refractivity contribution in [1.29, 1.82) is 5.26 Å². The maximum Gasteiger partial charge on any atom is 0.0635 e. The number of nitrogens with one attached hydrogen (secondary N) is 1. The first-order valence-corrected chi connectivity index (χ1v) is 4.86. The van der Waals surface area contributed by atoms with E-state index >= 15 is 0 Å². The fourth-order valence-corrected chi connectivity index (χ4v) is 1.52. The van der Waals surface area contributed by atoms with E-state index in [1.165, 1.54) is 12.8 Å². The quantitative estimate of drug-likeness (QED) is 0.618. The molecule has 0 aliphatic heterocycles. The molecule has 0 amide bonds. The van der Waals surface area contributed by atoms with Crippen LogP contribution in [0.3, 0.4) is 0 Å². The molecule has 0 rings (SSSR count). The van der Waals surface area contributed by atoms with E-state index < -0.39 is 0 Å². The zero-order valence-electron chi connectivity index (χ0n) is 8.43. The molecule has 1 atom stereocenters. The summed E-state index contributed by atoms with van der Waals surface area (Å²) in [5, 5.41) is 11.7. The van der Waals surface area contributed by atoms with Crippen LogP contribution in [0.4, 0.5) is 0 Å². The Kier molecular flexibility index (Phi) is 6.79. The third kappa shape index (κ3) is 4.35. The maximum absolute atomic E-state index is 8.34. The Bertz CT molecular complexity index is 133. The molecule has 1 N–H and O–H groups in total. The molecule has 2 nitrogen and oxygen atoms in total. The molecule has 0 saturated carbocycles. The van der Waals surface area contributed by atoms with E-state index in [0.29, 0.717) is 12.5 Å². The van der Waals surface area contributed by atoms with Gasteiger partial charge in [-0.1, -0.05) is 26.7 Å². The summed E-state index contributed by atoms with van der Waals surface area (Å²) in [6.45, 7) is 7.47. The lowest BCUT2D eigenvalue weighted by Crippen LogP contribution is -2.33. The molecule has 1 unspecified atom stereocenters. The van der Waals surface area contributed by atoms with Crippen LogP contribution in [0.15, 0.2) is 0 Å². The number of nitrogens with zero attached hydrogens (tertiary/aromatic N) is 1. The van der Waals surface area contributed by atoms with Crippen molar-refractivity contribution in [3.8, 4) is 6.07 Å². The Morgan fingerprint density at radius 2 is 1.92 bits per heavy atom. The van der Waals surface area contributed by atoms with Crippen molar-refractivity contribution in [3.63, 3.8) is 0 Å². The van der Waals surface area contributed by atoms with Crippen LogP contribution in [-0.2, 0) is 0 Å². The van der Waals surface area contributed by atoms with Gasteiger partial charge >= 0.3 is 0 Å². The van der Waals surface area contributed by atoms with Gasteiger partial charge in [-0.2, -0.15) is 5.26 Å². The van der Waals surface area contributed by atoms with Gasteiger partial charge in [-0.05, 0) is 12.8 Å². The van der Waals surface area contributed by atoms with Gasteiger partial charge < -0.3 is 5.32 Å². The zero-order chi connectivity index (χ0) is 9.40. The van der Waals surface area contributed by atoms with Crippen molar-refractivity contribution in [2.75, 3.05) is 6.54 Å². The van der Waals surface area contributed by atoms with Crippen LogP contribution >= 0.6 is 0 Å². The summed E-state index contributed by atoms with van der Waals surface area (Å²) in [6.07, 6.45) is 3.05. The van der Waals surface area contributed by atoms with E-state index in [-0.39, 0.29) is 0 Å². The summed E-state index contributed by atoms with van der Waals surface area (Å²) in [5.41, 5.74) is 0. The lowest BCUT2D eigenvalue weighted by molar-refractivity contribution is 0.357. The van der Waals surface area contributed by atoms with Crippen LogP contribution < -0.4 is 5.32 Å². The Balaban J connectivity index is 3.55. The fraction of sp³-hybridized carbons (Fsp3) is 0.900. The van der Waals surface area contributed by atoms with E-state index in [1.54, 1.807) is 0 Å². The van der Waals surface area contributed by atoms with Crippen molar-refractivity contribution < 1.29 is 0 Å². The molecule has 0 aliphatic rings. The third-order valence-corrected chi connectivity index (χ3v) is 2.46. The monoisotopic (exact) mass is 168 g/mol. The van der Waals surface area contributed by atoms with Gasteiger partial charge in [0.05, 0.1) is 6.07 Å². The molecule has 0 aromatic rings. The summed E-state index contributed by atoms with van der Waals surface area (Å²) < 4.78 is 0. The molecule has 0 spiro atoms. The van der Waals surface area contributed by atoms with Crippen molar-refractivity contribution in [2.24, 2.45) is 5.92 Å². The molecular weight excluding hydrogens is 148 g/mol. The first-order chi connectivity index (χ1) is 5.76. The molecule has 0 radical (unpaired) electrons. The minimum Gasteiger partial charge on any atom is -0.313 e. The SMILES string of the molecule is CCC(CC)C(C)NCCC#N. The molecule has 0 fully saturated rings. The summed E-state index contributed by atoms with van der Waals surface area (Å²) >= 11 is 0. The largest absolute Gasteiger partial charge is 0.313 e. The number of rotatable bonds is 6. The van der Waals surface area contributed by atoms with Crippen LogP contribution in [0.2, 0.25) is 0 Å². The minimum atomic E-state index is 0.549. The predicted octanol–water partition coefficient (Wildman–Crippen LogP) is 2.31. The molecule has 0 saturated heterocycles. The second-order valence-corrected chi connectivity index (χ2v) is 3.23. The fourth-order valence-electron chi connectivity index (χ4n) is 1.52. The highest BCUT2D eigenvalue weighted by molar-refractivity contribution is 4.74. The Labute approximate surface area is 76.0 Å². The van der Waals surface area contributed by atoms with Crippen molar-refractivity contribution >= 4 is 0 Å². The van der Waals surface area contributed by atoms with Crippen LogP contribution in [0.5, 0.6) is 0 Å². The lowest BCUT2D eigenvalue weighted by Gasteiger charge is -2.21. The Morgan fingerprint density at radius 3 is 2.33 bits per heavy atom. The van der Waals surface area contributed by atoms with Crippen molar-refractivity contribution in [3.05, 3.63) is 0 Å². The summed E-state index contributed by atoms with van der Waals surface area (Å²) in [5.74, 6) is 0.753. The average Bonchev–Trinajstić information content (AvgIpc) is 2.07. The second kappa shape index (κ2) is 7.12. The van der Waals surface area contributed by atoms with Gasteiger partial charge in [0, 0.05) is 19.0 Å². The standard InChI is InChI=1S/C10H20N2/c1-4-10(5-2)9(3)12-8-6-7-11/h9-10,12H,4-6,8H2,1-3H3. The van der Waals surface area contributed by atoms with E-state index in [1.807, 2.05) is 0 Å². The van der Waals surface area contributed by atoms with Crippen LogP contribution in [0, 0.1) is 17.2 Å². The molecule has 12 heavy (non-hydrogen) atoms. The van der Waals surface area contributed by atoms with Crippen LogP contribution in [0.1, 0.15) is 40.0 Å². The van der Waals surface area contributed by atoms with Gasteiger partial charge in [0.25, 0.3) is 0 Å². The first-order valence-electron chi connectivity index (χ1n) is 4.86. The minimum absolute atomic E-state index is 0.549. The highest BCUT2D eigenvalue weighted by Gasteiger charge is 2.11. The van der Waals surface area contributed by atoms with E-state index in [9.17, 15) is 0 Å². The highest BCUT2D eigenvalue weighted by Crippen LogP contribution is 2.12. The zero-order valence-corrected chi connectivity index (χ0v) is 8.43. The maximum atomic E-state index is 8.34. The summed E-state index contributed by atoms with van der Waals surface area (Å²) in [7, 11) is 0.